The van der Waals surface area contributed by atoms with Gasteiger partial charge in [-0.25, -0.2) is 5.10 Å². The van der Waals surface area contributed by atoms with Gasteiger partial charge < -0.3 is 0 Å². The van der Waals surface area contributed by atoms with E-state index in [4.69, 9.17) is 0 Å². The highest BCUT2D eigenvalue weighted by molar-refractivity contribution is 6.21. The lowest BCUT2D eigenvalue weighted by Gasteiger charge is -2.14. The quantitative estimate of drug-likeness (QED) is 0.731. The Morgan fingerprint density at radius 2 is 1.39 bits per heavy atom. The van der Waals surface area contributed by atoms with Crippen LogP contribution in [0.1, 0.15) is 26.4 Å². The number of aromatic amines is 1. The molecule has 0 saturated carbocycles. The average molecular weight is 305 g/mol. The molecule has 4 rings (SSSR count). The molecule has 6 heteroatoms. The largest absolute Gasteiger partial charge is 0.272 e. The number of nitrogens with one attached hydrogen (secondary N) is 1. The highest BCUT2D eigenvalue weighted by Gasteiger charge is 2.35. The van der Waals surface area contributed by atoms with E-state index in [-0.39, 0.29) is 23.9 Å². The van der Waals surface area contributed by atoms with Gasteiger partial charge in [0.1, 0.15) is 0 Å². The molecule has 0 spiro atoms. The molecule has 2 amide bonds. The van der Waals surface area contributed by atoms with E-state index in [9.17, 15) is 14.4 Å². The molecule has 2 heterocycles. The maximum atomic E-state index is 12.4. The number of aromatic nitrogens is 2. The van der Waals surface area contributed by atoms with Crippen molar-refractivity contribution in [1.82, 2.24) is 15.1 Å². The first-order valence-corrected chi connectivity index (χ1v) is 7.08. The first-order chi connectivity index (χ1) is 11.2. The lowest BCUT2D eigenvalue weighted by Crippen LogP contribution is -2.30. The van der Waals surface area contributed by atoms with Gasteiger partial charge in [0.15, 0.2) is 0 Å². The van der Waals surface area contributed by atoms with E-state index in [0.29, 0.717) is 27.6 Å². The van der Waals surface area contributed by atoms with Gasteiger partial charge >= 0.3 is 0 Å². The Hall–Kier alpha value is -3.28. The Morgan fingerprint density at radius 1 is 0.826 bits per heavy atom. The van der Waals surface area contributed by atoms with Gasteiger partial charge in [-0.05, 0) is 18.2 Å². The Bertz CT molecular complexity index is 988. The maximum absolute atomic E-state index is 12.4. The molecule has 1 aliphatic heterocycles. The van der Waals surface area contributed by atoms with Crippen LogP contribution >= 0.6 is 0 Å². The molecule has 0 fully saturated rings. The van der Waals surface area contributed by atoms with Crippen molar-refractivity contribution in [3.63, 3.8) is 0 Å². The highest BCUT2D eigenvalue weighted by Crippen LogP contribution is 2.25. The minimum absolute atomic E-state index is 0.0175. The first-order valence-electron chi connectivity index (χ1n) is 7.08. The number of amides is 2. The molecule has 1 aliphatic rings. The molecule has 0 bridgehead atoms. The number of nitrogens with zero attached hydrogens (tertiary/aromatic N) is 2. The monoisotopic (exact) mass is 305 g/mol. The van der Waals surface area contributed by atoms with Crippen LogP contribution in [0.2, 0.25) is 0 Å². The second kappa shape index (κ2) is 4.88. The Morgan fingerprint density at radius 3 is 2.04 bits per heavy atom. The number of benzene rings is 2. The van der Waals surface area contributed by atoms with Crippen LogP contribution < -0.4 is 5.56 Å². The molecule has 1 aromatic heterocycles. The van der Waals surface area contributed by atoms with Crippen LogP contribution in [0.5, 0.6) is 0 Å². The van der Waals surface area contributed by atoms with Gasteiger partial charge in [-0.3, -0.25) is 19.3 Å². The number of rotatable bonds is 2. The van der Waals surface area contributed by atoms with Gasteiger partial charge in [0.2, 0.25) is 0 Å². The lowest BCUT2D eigenvalue weighted by atomic mass is 10.1. The number of fused-ring (bicyclic) bond motifs is 2. The topological polar surface area (TPSA) is 83.1 Å². The normalized spacial score (nSPS) is 13.7. The number of carbonyl (C=O) groups is 2. The molecule has 2 aromatic carbocycles. The number of imide groups is 1. The van der Waals surface area contributed by atoms with E-state index in [1.54, 1.807) is 48.5 Å². The molecule has 0 radical (unpaired) electrons. The third-order valence-electron chi connectivity index (χ3n) is 3.96. The van der Waals surface area contributed by atoms with Crippen molar-refractivity contribution >= 4 is 22.6 Å². The summed E-state index contributed by atoms with van der Waals surface area (Å²) >= 11 is 0. The molecule has 23 heavy (non-hydrogen) atoms. The second-order valence-corrected chi connectivity index (χ2v) is 5.29. The first kappa shape index (κ1) is 13.4. The van der Waals surface area contributed by atoms with E-state index < -0.39 is 0 Å². The number of carbonyl (C=O) groups excluding carboxylic acids is 2. The molecule has 6 nitrogen and oxygen atoms in total. The molecule has 0 atom stereocenters. The molecule has 3 aromatic rings. The average Bonchev–Trinajstić information content (AvgIpc) is 2.83. The predicted molar refractivity (Wildman–Crippen MR) is 83.0 cm³/mol. The number of H-pyrrole nitrogens is 1. The molecule has 0 aliphatic carbocycles. The van der Waals surface area contributed by atoms with Crippen molar-refractivity contribution in [2.45, 2.75) is 6.54 Å². The fourth-order valence-electron chi connectivity index (χ4n) is 2.82. The van der Waals surface area contributed by atoms with Crippen molar-refractivity contribution in [3.8, 4) is 0 Å². The van der Waals surface area contributed by atoms with Crippen LogP contribution in [0.3, 0.4) is 0 Å². The molecule has 0 unspecified atom stereocenters. The van der Waals surface area contributed by atoms with Gasteiger partial charge in [0.25, 0.3) is 17.4 Å². The van der Waals surface area contributed by atoms with Crippen molar-refractivity contribution < 1.29 is 9.59 Å². The van der Waals surface area contributed by atoms with Crippen LogP contribution in [0.15, 0.2) is 53.3 Å². The zero-order chi connectivity index (χ0) is 16.0. The summed E-state index contributed by atoms with van der Waals surface area (Å²) in [6.07, 6.45) is 0. The predicted octanol–water partition coefficient (Wildman–Crippen LogP) is 1.72. The van der Waals surface area contributed by atoms with E-state index in [1.807, 2.05) is 0 Å². The summed E-state index contributed by atoms with van der Waals surface area (Å²) in [4.78, 5) is 37.8. The van der Waals surface area contributed by atoms with E-state index >= 15 is 0 Å². The van der Waals surface area contributed by atoms with Gasteiger partial charge in [-0.1, -0.05) is 30.3 Å². The Kier molecular flexibility index (Phi) is 2.84. The van der Waals surface area contributed by atoms with Crippen molar-refractivity contribution in [2.75, 3.05) is 0 Å². The second-order valence-electron chi connectivity index (χ2n) is 5.29. The molecular weight excluding hydrogens is 294 g/mol. The van der Waals surface area contributed by atoms with Crippen LogP contribution in [0, 0.1) is 0 Å². The lowest BCUT2D eigenvalue weighted by molar-refractivity contribution is 0.0641. The summed E-state index contributed by atoms with van der Waals surface area (Å²) in [5.74, 6) is -0.689. The van der Waals surface area contributed by atoms with E-state index in [0.717, 1.165) is 4.90 Å². The highest BCUT2D eigenvalue weighted by atomic mass is 16.2. The molecule has 1 N–H and O–H groups in total. The van der Waals surface area contributed by atoms with Crippen molar-refractivity contribution in [2.24, 2.45) is 0 Å². The van der Waals surface area contributed by atoms with Crippen LogP contribution in [0.25, 0.3) is 10.8 Å². The zero-order valence-corrected chi connectivity index (χ0v) is 11.9. The summed E-state index contributed by atoms with van der Waals surface area (Å²) in [6, 6.07) is 13.7. The van der Waals surface area contributed by atoms with Gasteiger partial charge in [0.05, 0.1) is 28.8 Å². The standard InChI is InChI=1S/C17H11N3O3/c21-15-11-6-2-1-5-10(11)14(18-19-15)9-20-16(22)12-7-3-4-8-13(12)17(20)23/h1-8H,9H2,(H,19,21). The Balaban J connectivity index is 1.79. The summed E-state index contributed by atoms with van der Waals surface area (Å²) in [7, 11) is 0. The SMILES string of the molecule is O=C1c2ccccc2C(=O)N1Cc1n[nH]c(=O)c2ccccc12. The fraction of sp³-hybridized carbons (Fsp3) is 0.0588. The van der Waals surface area contributed by atoms with Crippen LogP contribution in [0.4, 0.5) is 0 Å². The summed E-state index contributed by atoms with van der Waals surface area (Å²) < 4.78 is 0. The van der Waals surface area contributed by atoms with Crippen molar-refractivity contribution in [1.29, 1.82) is 0 Å². The Labute approximate surface area is 130 Å². The van der Waals surface area contributed by atoms with Gasteiger partial charge in [-0.15, -0.1) is 0 Å². The van der Waals surface area contributed by atoms with Crippen LogP contribution in [-0.4, -0.2) is 26.9 Å². The smallest absolute Gasteiger partial charge is 0.269 e. The molecular formula is C17H11N3O3. The van der Waals surface area contributed by atoms with Crippen molar-refractivity contribution in [3.05, 3.63) is 75.7 Å². The summed E-state index contributed by atoms with van der Waals surface area (Å²) in [5.41, 5.74) is 0.971. The van der Waals surface area contributed by atoms with E-state index in [1.165, 1.54) is 0 Å². The summed E-state index contributed by atoms with van der Waals surface area (Å²) in [6.45, 7) is 0.0175. The third-order valence-corrected chi connectivity index (χ3v) is 3.96. The maximum Gasteiger partial charge on any atom is 0.272 e. The minimum atomic E-state index is -0.345. The van der Waals surface area contributed by atoms with Gasteiger partial charge in [-0.2, -0.15) is 5.10 Å². The third kappa shape index (κ3) is 1.96. The molecule has 0 saturated heterocycles. The minimum Gasteiger partial charge on any atom is -0.269 e. The number of hydrogen-bond acceptors (Lipinski definition) is 4. The number of hydrogen-bond donors (Lipinski definition) is 1. The van der Waals surface area contributed by atoms with Gasteiger partial charge in [0, 0.05) is 5.39 Å². The zero-order valence-electron chi connectivity index (χ0n) is 11.9. The fourth-order valence-corrected chi connectivity index (χ4v) is 2.82. The van der Waals surface area contributed by atoms with Crippen LogP contribution in [-0.2, 0) is 6.54 Å². The van der Waals surface area contributed by atoms with E-state index in [2.05, 4.69) is 10.2 Å². The summed E-state index contributed by atoms with van der Waals surface area (Å²) in [5, 5.41) is 7.54. The molecule has 112 valence electrons.